The van der Waals surface area contributed by atoms with E-state index in [0.717, 1.165) is 18.4 Å². The molecule has 1 atom stereocenters. The fourth-order valence-corrected chi connectivity index (χ4v) is 2.83. The summed E-state index contributed by atoms with van der Waals surface area (Å²) in [6.45, 7) is 9.47. The maximum atomic E-state index is 3.51. The lowest BCUT2D eigenvalue weighted by atomic mass is 10.1. The number of nitrogens with zero attached hydrogens (tertiary/aromatic N) is 1. The molecule has 1 N–H and O–H groups in total. The quantitative estimate of drug-likeness (QED) is 0.640. The molecule has 0 amide bonds. The Bertz CT molecular complexity index is 164. The van der Waals surface area contributed by atoms with Crippen molar-refractivity contribution in [2.24, 2.45) is 11.8 Å². The Hall–Kier alpha value is -0.0800. The second-order valence-corrected chi connectivity index (χ2v) is 5.68. The minimum Gasteiger partial charge on any atom is -0.316 e. The van der Waals surface area contributed by atoms with Crippen LogP contribution in [0.25, 0.3) is 0 Å². The van der Waals surface area contributed by atoms with E-state index in [4.69, 9.17) is 0 Å². The standard InChI is InChI=1S/C14H30N2/c1-4-9-15-10-13(2)11-16(3)12-14-7-5-6-8-14/h13-15H,4-12H2,1-3H3. The van der Waals surface area contributed by atoms with Gasteiger partial charge in [0.1, 0.15) is 0 Å². The van der Waals surface area contributed by atoms with Gasteiger partial charge in [0.25, 0.3) is 0 Å². The molecule has 0 aromatic heterocycles. The molecule has 96 valence electrons. The average molecular weight is 226 g/mol. The summed E-state index contributed by atoms with van der Waals surface area (Å²) in [7, 11) is 2.29. The minimum atomic E-state index is 0.776. The highest BCUT2D eigenvalue weighted by atomic mass is 15.1. The van der Waals surface area contributed by atoms with Gasteiger partial charge in [0.2, 0.25) is 0 Å². The molecule has 0 heterocycles. The smallest absolute Gasteiger partial charge is 0.00162 e. The predicted molar refractivity (Wildman–Crippen MR) is 71.8 cm³/mol. The van der Waals surface area contributed by atoms with Crippen molar-refractivity contribution < 1.29 is 0 Å². The van der Waals surface area contributed by atoms with E-state index in [2.05, 4.69) is 31.1 Å². The monoisotopic (exact) mass is 226 g/mol. The van der Waals surface area contributed by atoms with Crippen molar-refractivity contribution in [3.63, 3.8) is 0 Å². The Kier molecular flexibility index (Phi) is 7.06. The number of nitrogens with one attached hydrogen (secondary N) is 1. The lowest BCUT2D eigenvalue weighted by Crippen LogP contribution is -2.33. The lowest BCUT2D eigenvalue weighted by Gasteiger charge is -2.24. The third-order valence-electron chi connectivity index (χ3n) is 3.59. The molecular weight excluding hydrogens is 196 g/mol. The molecule has 1 fully saturated rings. The number of hydrogen-bond acceptors (Lipinski definition) is 2. The molecular formula is C14H30N2. The van der Waals surface area contributed by atoms with Crippen LogP contribution in [0.2, 0.25) is 0 Å². The molecule has 0 aromatic rings. The molecule has 1 saturated carbocycles. The van der Waals surface area contributed by atoms with E-state index in [1.807, 2.05) is 0 Å². The summed E-state index contributed by atoms with van der Waals surface area (Å²) in [6.07, 6.45) is 7.10. The SMILES string of the molecule is CCCNCC(C)CN(C)CC1CCCC1. The third-order valence-corrected chi connectivity index (χ3v) is 3.59. The van der Waals surface area contributed by atoms with Crippen molar-refractivity contribution in [3.8, 4) is 0 Å². The molecule has 2 heteroatoms. The van der Waals surface area contributed by atoms with Crippen molar-refractivity contribution in [1.82, 2.24) is 10.2 Å². The Labute approximate surface area is 102 Å². The van der Waals surface area contributed by atoms with Crippen LogP contribution in [-0.2, 0) is 0 Å². The van der Waals surface area contributed by atoms with Gasteiger partial charge in [0, 0.05) is 13.1 Å². The van der Waals surface area contributed by atoms with Crippen LogP contribution in [0.1, 0.15) is 46.0 Å². The molecule has 1 aliphatic carbocycles. The summed E-state index contributed by atoms with van der Waals surface area (Å²) in [5, 5.41) is 3.51. The summed E-state index contributed by atoms with van der Waals surface area (Å²) in [6, 6.07) is 0. The summed E-state index contributed by atoms with van der Waals surface area (Å²) in [5.74, 6) is 1.76. The zero-order valence-electron chi connectivity index (χ0n) is 11.5. The molecule has 2 nitrogen and oxygen atoms in total. The van der Waals surface area contributed by atoms with E-state index >= 15 is 0 Å². The zero-order chi connectivity index (χ0) is 11.8. The van der Waals surface area contributed by atoms with Gasteiger partial charge in [-0.3, -0.25) is 0 Å². The zero-order valence-corrected chi connectivity index (χ0v) is 11.5. The molecule has 0 saturated heterocycles. The summed E-state index contributed by atoms with van der Waals surface area (Å²) in [4.78, 5) is 2.54. The first-order valence-electron chi connectivity index (χ1n) is 7.11. The Morgan fingerprint density at radius 3 is 2.62 bits per heavy atom. The first-order chi connectivity index (χ1) is 7.72. The van der Waals surface area contributed by atoms with E-state index in [1.165, 1.54) is 51.7 Å². The van der Waals surface area contributed by atoms with Crippen LogP contribution in [0, 0.1) is 11.8 Å². The van der Waals surface area contributed by atoms with E-state index < -0.39 is 0 Å². The van der Waals surface area contributed by atoms with Crippen LogP contribution < -0.4 is 5.32 Å². The lowest BCUT2D eigenvalue weighted by molar-refractivity contribution is 0.242. The third kappa shape index (κ3) is 5.86. The Morgan fingerprint density at radius 1 is 1.31 bits per heavy atom. The molecule has 1 aliphatic rings. The topological polar surface area (TPSA) is 15.3 Å². The fourth-order valence-electron chi connectivity index (χ4n) is 2.83. The van der Waals surface area contributed by atoms with Gasteiger partial charge in [-0.05, 0) is 51.2 Å². The number of rotatable bonds is 8. The maximum absolute atomic E-state index is 3.51. The number of hydrogen-bond donors (Lipinski definition) is 1. The van der Waals surface area contributed by atoms with Crippen LogP contribution in [0.4, 0.5) is 0 Å². The molecule has 1 unspecified atom stereocenters. The highest BCUT2D eigenvalue weighted by Gasteiger charge is 2.17. The van der Waals surface area contributed by atoms with E-state index in [9.17, 15) is 0 Å². The van der Waals surface area contributed by atoms with Gasteiger partial charge in [0.15, 0.2) is 0 Å². The van der Waals surface area contributed by atoms with Crippen LogP contribution in [0.5, 0.6) is 0 Å². The van der Waals surface area contributed by atoms with Crippen molar-refractivity contribution in [2.75, 3.05) is 33.2 Å². The molecule has 0 aromatic carbocycles. The van der Waals surface area contributed by atoms with Crippen molar-refractivity contribution in [2.45, 2.75) is 46.0 Å². The van der Waals surface area contributed by atoms with Crippen molar-refractivity contribution in [1.29, 1.82) is 0 Å². The molecule has 1 rings (SSSR count). The first-order valence-corrected chi connectivity index (χ1v) is 7.11. The first kappa shape index (κ1) is 14.0. The van der Waals surface area contributed by atoms with Gasteiger partial charge < -0.3 is 10.2 Å². The van der Waals surface area contributed by atoms with Crippen LogP contribution >= 0.6 is 0 Å². The maximum Gasteiger partial charge on any atom is 0.00162 e. The molecule has 0 aliphatic heterocycles. The van der Waals surface area contributed by atoms with Gasteiger partial charge in [-0.2, -0.15) is 0 Å². The summed E-state index contributed by atoms with van der Waals surface area (Å²) < 4.78 is 0. The van der Waals surface area contributed by atoms with Gasteiger partial charge >= 0.3 is 0 Å². The molecule has 16 heavy (non-hydrogen) atoms. The average Bonchev–Trinajstić information content (AvgIpc) is 2.70. The Morgan fingerprint density at radius 2 is 2.00 bits per heavy atom. The van der Waals surface area contributed by atoms with Gasteiger partial charge in [0.05, 0.1) is 0 Å². The van der Waals surface area contributed by atoms with Gasteiger partial charge in [-0.15, -0.1) is 0 Å². The van der Waals surface area contributed by atoms with E-state index in [1.54, 1.807) is 0 Å². The highest BCUT2D eigenvalue weighted by molar-refractivity contribution is 4.71. The molecule has 0 radical (unpaired) electrons. The van der Waals surface area contributed by atoms with E-state index in [0.29, 0.717) is 0 Å². The fraction of sp³-hybridized carbons (Fsp3) is 1.00. The predicted octanol–water partition coefficient (Wildman–Crippen LogP) is 2.74. The van der Waals surface area contributed by atoms with Crippen molar-refractivity contribution >= 4 is 0 Å². The summed E-state index contributed by atoms with van der Waals surface area (Å²) >= 11 is 0. The van der Waals surface area contributed by atoms with Gasteiger partial charge in [-0.1, -0.05) is 26.7 Å². The summed E-state index contributed by atoms with van der Waals surface area (Å²) in [5.41, 5.74) is 0. The largest absolute Gasteiger partial charge is 0.316 e. The Balaban J connectivity index is 2.05. The molecule has 0 spiro atoms. The van der Waals surface area contributed by atoms with Crippen LogP contribution in [0.15, 0.2) is 0 Å². The van der Waals surface area contributed by atoms with Crippen LogP contribution in [0.3, 0.4) is 0 Å². The van der Waals surface area contributed by atoms with E-state index in [-0.39, 0.29) is 0 Å². The van der Waals surface area contributed by atoms with Crippen molar-refractivity contribution in [3.05, 3.63) is 0 Å². The van der Waals surface area contributed by atoms with Gasteiger partial charge in [-0.25, -0.2) is 0 Å². The minimum absolute atomic E-state index is 0.776. The highest BCUT2D eigenvalue weighted by Crippen LogP contribution is 2.25. The van der Waals surface area contributed by atoms with Crippen LogP contribution in [-0.4, -0.2) is 38.1 Å². The second kappa shape index (κ2) is 8.08. The second-order valence-electron chi connectivity index (χ2n) is 5.68. The molecule has 0 bridgehead atoms. The normalized spacial score (nSPS) is 19.5.